The zero-order valence-electron chi connectivity index (χ0n) is 11.4. The molecule has 0 bridgehead atoms. The Morgan fingerprint density at radius 3 is 2.68 bits per heavy atom. The van der Waals surface area contributed by atoms with E-state index in [2.05, 4.69) is 17.9 Å². The summed E-state index contributed by atoms with van der Waals surface area (Å²) in [6.45, 7) is 3.03. The Kier molecular flexibility index (Phi) is 4.57. The number of nitriles is 1. The topological polar surface area (TPSA) is 44.1 Å². The van der Waals surface area contributed by atoms with Gasteiger partial charge in [-0.15, -0.1) is 0 Å². The van der Waals surface area contributed by atoms with Crippen LogP contribution >= 0.6 is 0 Å². The lowest BCUT2D eigenvalue weighted by Gasteiger charge is -2.36. The zero-order valence-corrected chi connectivity index (χ0v) is 11.4. The lowest BCUT2D eigenvalue weighted by molar-refractivity contribution is 0.112. The molecule has 0 atom stereocenters. The molecule has 1 saturated carbocycles. The maximum absolute atomic E-state index is 10.8. The van der Waals surface area contributed by atoms with Gasteiger partial charge in [-0.1, -0.05) is 19.3 Å². The summed E-state index contributed by atoms with van der Waals surface area (Å²) >= 11 is 0. The van der Waals surface area contributed by atoms with Crippen molar-refractivity contribution < 1.29 is 4.79 Å². The molecule has 0 unspecified atom stereocenters. The lowest BCUT2D eigenvalue weighted by atomic mass is 9.93. The van der Waals surface area contributed by atoms with Crippen molar-refractivity contribution in [1.29, 1.82) is 5.26 Å². The minimum atomic E-state index is 0.535. The molecule has 0 spiro atoms. The lowest BCUT2D eigenvalue weighted by Crippen LogP contribution is -2.37. The van der Waals surface area contributed by atoms with Gasteiger partial charge in [-0.3, -0.25) is 4.79 Å². The van der Waals surface area contributed by atoms with E-state index in [1.54, 1.807) is 12.1 Å². The smallest absolute Gasteiger partial charge is 0.150 e. The summed E-state index contributed by atoms with van der Waals surface area (Å²) in [6, 6.07) is 8.16. The van der Waals surface area contributed by atoms with Gasteiger partial charge in [-0.2, -0.15) is 5.26 Å². The molecule has 1 aliphatic rings. The van der Waals surface area contributed by atoms with E-state index in [0.717, 1.165) is 18.5 Å². The quantitative estimate of drug-likeness (QED) is 0.774. The highest BCUT2D eigenvalue weighted by Crippen LogP contribution is 2.29. The van der Waals surface area contributed by atoms with E-state index in [1.165, 1.54) is 32.1 Å². The average molecular weight is 256 g/mol. The monoisotopic (exact) mass is 256 g/mol. The zero-order chi connectivity index (χ0) is 13.7. The van der Waals surface area contributed by atoms with Gasteiger partial charge in [-0.05, 0) is 38.0 Å². The first-order valence-electron chi connectivity index (χ1n) is 7.06. The number of nitrogens with zero attached hydrogens (tertiary/aromatic N) is 2. The first-order chi connectivity index (χ1) is 9.30. The van der Waals surface area contributed by atoms with Crippen LogP contribution in [0.15, 0.2) is 18.2 Å². The van der Waals surface area contributed by atoms with Crippen LogP contribution in [0.2, 0.25) is 0 Å². The summed E-state index contributed by atoms with van der Waals surface area (Å²) < 4.78 is 0. The van der Waals surface area contributed by atoms with Gasteiger partial charge in [0, 0.05) is 18.2 Å². The summed E-state index contributed by atoms with van der Waals surface area (Å²) in [5.41, 5.74) is 2.15. The molecule has 1 fully saturated rings. The van der Waals surface area contributed by atoms with Crippen molar-refractivity contribution in [2.45, 2.75) is 45.1 Å². The Morgan fingerprint density at radius 1 is 1.37 bits per heavy atom. The molecule has 3 heteroatoms. The van der Waals surface area contributed by atoms with Crippen molar-refractivity contribution in [3.63, 3.8) is 0 Å². The Hall–Kier alpha value is -1.82. The van der Waals surface area contributed by atoms with Crippen LogP contribution in [0.25, 0.3) is 0 Å². The Labute approximate surface area is 114 Å². The molecule has 1 aromatic carbocycles. The van der Waals surface area contributed by atoms with Crippen LogP contribution in [-0.2, 0) is 0 Å². The molecule has 1 aliphatic carbocycles. The van der Waals surface area contributed by atoms with Gasteiger partial charge in [0.1, 0.15) is 12.4 Å². The molecule has 3 nitrogen and oxygen atoms in total. The molecule has 0 N–H and O–H groups in total. The van der Waals surface area contributed by atoms with E-state index in [-0.39, 0.29) is 0 Å². The van der Waals surface area contributed by atoms with Gasteiger partial charge >= 0.3 is 0 Å². The first-order valence-corrected chi connectivity index (χ1v) is 7.06. The highest BCUT2D eigenvalue weighted by Gasteiger charge is 2.22. The number of carbonyl (C=O) groups is 1. The van der Waals surface area contributed by atoms with E-state index >= 15 is 0 Å². The van der Waals surface area contributed by atoms with E-state index < -0.39 is 0 Å². The third kappa shape index (κ3) is 2.96. The number of carbonyl (C=O) groups excluding carboxylic acids is 1. The minimum Gasteiger partial charge on any atom is -0.368 e. The SMILES string of the molecule is CCN(c1ccc(C=O)cc1C#N)C1CCCCC1. The van der Waals surface area contributed by atoms with Gasteiger partial charge in [0.05, 0.1) is 11.3 Å². The van der Waals surface area contributed by atoms with Gasteiger partial charge < -0.3 is 4.90 Å². The molecular weight excluding hydrogens is 236 g/mol. The van der Waals surface area contributed by atoms with Crippen LogP contribution in [0.1, 0.15) is 54.9 Å². The van der Waals surface area contributed by atoms with Crippen LogP contribution in [-0.4, -0.2) is 18.9 Å². The predicted molar refractivity (Wildman–Crippen MR) is 76.4 cm³/mol. The third-order valence-electron chi connectivity index (χ3n) is 3.94. The number of hydrogen-bond donors (Lipinski definition) is 0. The molecule has 0 radical (unpaired) electrons. The molecule has 100 valence electrons. The van der Waals surface area contributed by atoms with Crippen LogP contribution in [0.4, 0.5) is 5.69 Å². The largest absolute Gasteiger partial charge is 0.368 e. The Balaban J connectivity index is 2.31. The van der Waals surface area contributed by atoms with E-state index in [4.69, 9.17) is 0 Å². The van der Waals surface area contributed by atoms with E-state index in [1.807, 2.05) is 6.07 Å². The van der Waals surface area contributed by atoms with Crippen LogP contribution in [0.5, 0.6) is 0 Å². The first kappa shape index (κ1) is 13.6. The fourth-order valence-corrected chi connectivity index (χ4v) is 2.98. The molecule has 19 heavy (non-hydrogen) atoms. The molecule has 0 aliphatic heterocycles. The summed E-state index contributed by atoms with van der Waals surface area (Å²) in [5.74, 6) is 0. The maximum Gasteiger partial charge on any atom is 0.150 e. The second-order valence-electron chi connectivity index (χ2n) is 5.08. The molecule has 0 saturated heterocycles. The Bertz CT molecular complexity index is 484. The van der Waals surface area contributed by atoms with Gasteiger partial charge in [0.2, 0.25) is 0 Å². The van der Waals surface area contributed by atoms with Crippen LogP contribution in [0, 0.1) is 11.3 Å². The van der Waals surface area contributed by atoms with Crippen molar-refractivity contribution in [2.24, 2.45) is 0 Å². The van der Waals surface area contributed by atoms with E-state index in [9.17, 15) is 10.1 Å². The fourth-order valence-electron chi connectivity index (χ4n) is 2.98. The Morgan fingerprint density at radius 2 is 2.11 bits per heavy atom. The maximum atomic E-state index is 10.8. The predicted octanol–water partition coefficient (Wildman–Crippen LogP) is 3.53. The number of anilines is 1. The summed E-state index contributed by atoms with van der Waals surface area (Å²) in [5, 5.41) is 9.29. The minimum absolute atomic E-state index is 0.535. The molecule has 0 heterocycles. The number of hydrogen-bond acceptors (Lipinski definition) is 3. The van der Waals surface area contributed by atoms with E-state index in [0.29, 0.717) is 17.2 Å². The van der Waals surface area contributed by atoms with Crippen LogP contribution in [0.3, 0.4) is 0 Å². The summed E-state index contributed by atoms with van der Waals surface area (Å²) in [6.07, 6.45) is 7.07. The third-order valence-corrected chi connectivity index (χ3v) is 3.94. The average Bonchev–Trinajstić information content (AvgIpc) is 2.49. The second-order valence-corrected chi connectivity index (χ2v) is 5.08. The van der Waals surface area contributed by atoms with Crippen molar-refractivity contribution in [2.75, 3.05) is 11.4 Å². The second kappa shape index (κ2) is 6.38. The normalized spacial score (nSPS) is 15.8. The molecular formula is C16H20N2O. The van der Waals surface area contributed by atoms with Gasteiger partial charge in [-0.25, -0.2) is 0 Å². The van der Waals surface area contributed by atoms with Crippen molar-refractivity contribution in [1.82, 2.24) is 0 Å². The van der Waals surface area contributed by atoms with Gasteiger partial charge in [0.15, 0.2) is 0 Å². The van der Waals surface area contributed by atoms with Crippen molar-refractivity contribution in [3.05, 3.63) is 29.3 Å². The van der Waals surface area contributed by atoms with Crippen molar-refractivity contribution >= 4 is 12.0 Å². The molecule has 2 rings (SSSR count). The molecule has 0 amide bonds. The standard InChI is InChI=1S/C16H20N2O/c1-2-18(15-6-4-3-5-7-15)16-9-8-13(12-19)10-14(16)11-17/h8-10,12,15H,2-7H2,1H3. The highest BCUT2D eigenvalue weighted by molar-refractivity contribution is 5.78. The molecule has 0 aromatic heterocycles. The van der Waals surface area contributed by atoms with Crippen LogP contribution < -0.4 is 4.90 Å². The van der Waals surface area contributed by atoms with Crippen molar-refractivity contribution in [3.8, 4) is 6.07 Å². The van der Waals surface area contributed by atoms with Gasteiger partial charge in [0.25, 0.3) is 0 Å². The number of rotatable bonds is 4. The number of aldehydes is 1. The molecule has 1 aromatic rings. The summed E-state index contributed by atoms with van der Waals surface area (Å²) in [7, 11) is 0. The summed E-state index contributed by atoms with van der Waals surface area (Å²) in [4.78, 5) is 13.1. The number of benzene rings is 1. The fraction of sp³-hybridized carbons (Fsp3) is 0.500. The highest BCUT2D eigenvalue weighted by atomic mass is 16.1.